The van der Waals surface area contributed by atoms with Gasteiger partial charge in [-0.1, -0.05) is 0 Å². The lowest BCUT2D eigenvalue weighted by Crippen LogP contribution is -2.39. The van der Waals surface area contributed by atoms with E-state index in [0.29, 0.717) is 11.2 Å². The summed E-state index contributed by atoms with van der Waals surface area (Å²) in [5.41, 5.74) is 6.54. The van der Waals surface area contributed by atoms with Crippen LogP contribution in [-0.2, 0) is 14.0 Å². The number of hydrogen-bond acceptors (Lipinski definition) is 8. The SMILES string of the molecule is C[C@]1(OCP(=O)(O)O)O[C@@H](n2cnc3c(N)ncnc32)C[C@@H]1O. The van der Waals surface area contributed by atoms with Gasteiger partial charge in [-0.3, -0.25) is 9.13 Å². The van der Waals surface area contributed by atoms with Gasteiger partial charge < -0.3 is 30.1 Å². The maximum atomic E-state index is 10.9. The Balaban J connectivity index is 1.85. The van der Waals surface area contributed by atoms with Gasteiger partial charge in [-0.05, 0) is 6.92 Å². The molecule has 0 radical (unpaired) electrons. The van der Waals surface area contributed by atoms with Gasteiger partial charge in [0.15, 0.2) is 23.6 Å². The molecule has 1 fully saturated rings. The van der Waals surface area contributed by atoms with Gasteiger partial charge in [-0.25, -0.2) is 15.0 Å². The summed E-state index contributed by atoms with van der Waals surface area (Å²) < 4.78 is 23.3. The van der Waals surface area contributed by atoms with Crippen LogP contribution in [0.3, 0.4) is 0 Å². The zero-order chi connectivity index (χ0) is 16.8. The number of nitrogen functional groups attached to an aromatic ring is 1. The smallest absolute Gasteiger partial charge is 0.351 e. The van der Waals surface area contributed by atoms with Crippen LogP contribution >= 0.6 is 7.60 Å². The zero-order valence-electron chi connectivity index (χ0n) is 12.1. The second kappa shape index (κ2) is 5.48. The van der Waals surface area contributed by atoms with Crippen molar-refractivity contribution in [1.29, 1.82) is 0 Å². The topological polar surface area (TPSA) is 166 Å². The third-order valence-corrected chi connectivity index (χ3v) is 4.08. The molecule has 11 nitrogen and oxygen atoms in total. The molecule has 0 aliphatic carbocycles. The number of nitrogens with zero attached hydrogens (tertiary/aromatic N) is 4. The van der Waals surface area contributed by atoms with E-state index in [9.17, 15) is 9.67 Å². The van der Waals surface area contributed by atoms with Crippen LogP contribution < -0.4 is 5.73 Å². The monoisotopic (exact) mass is 345 g/mol. The third kappa shape index (κ3) is 3.07. The van der Waals surface area contributed by atoms with E-state index >= 15 is 0 Å². The fourth-order valence-corrected chi connectivity index (χ4v) is 2.82. The molecule has 3 rings (SSSR count). The number of imidazole rings is 1. The highest BCUT2D eigenvalue weighted by molar-refractivity contribution is 7.51. The summed E-state index contributed by atoms with van der Waals surface area (Å²) in [7, 11) is -4.38. The van der Waals surface area contributed by atoms with Gasteiger partial charge in [0.1, 0.15) is 24.2 Å². The first-order chi connectivity index (χ1) is 10.7. The van der Waals surface area contributed by atoms with Crippen molar-refractivity contribution in [2.24, 2.45) is 0 Å². The van der Waals surface area contributed by atoms with Gasteiger partial charge in [0.2, 0.25) is 0 Å². The molecule has 126 valence electrons. The number of anilines is 1. The summed E-state index contributed by atoms with van der Waals surface area (Å²) in [6.45, 7) is 1.41. The van der Waals surface area contributed by atoms with E-state index in [-0.39, 0.29) is 12.2 Å². The van der Waals surface area contributed by atoms with E-state index in [1.807, 2.05) is 0 Å². The Morgan fingerprint density at radius 2 is 2.26 bits per heavy atom. The molecule has 0 bridgehead atoms. The minimum Gasteiger partial charge on any atom is -0.387 e. The van der Waals surface area contributed by atoms with Crippen LogP contribution in [0.2, 0.25) is 0 Å². The van der Waals surface area contributed by atoms with E-state index in [0.717, 1.165) is 0 Å². The molecule has 0 unspecified atom stereocenters. The minimum absolute atomic E-state index is 0.132. The van der Waals surface area contributed by atoms with Crippen molar-refractivity contribution in [3.63, 3.8) is 0 Å². The summed E-state index contributed by atoms with van der Waals surface area (Å²) in [5.74, 6) is -1.34. The molecule has 0 saturated carbocycles. The van der Waals surface area contributed by atoms with Crippen LogP contribution in [0, 0.1) is 0 Å². The molecular weight excluding hydrogens is 329 g/mol. The molecule has 1 saturated heterocycles. The van der Waals surface area contributed by atoms with E-state index in [1.165, 1.54) is 19.6 Å². The summed E-state index contributed by atoms with van der Waals surface area (Å²) in [5, 5.41) is 10.1. The number of fused-ring (bicyclic) bond motifs is 1. The lowest BCUT2D eigenvalue weighted by Gasteiger charge is -2.28. The van der Waals surface area contributed by atoms with Crippen LogP contribution in [0.15, 0.2) is 12.7 Å². The number of nitrogens with two attached hydrogens (primary N) is 1. The van der Waals surface area contributed by atoms with Crippen molar-refractivity contribution in [1.82, 2.24) is 19.5 Å². The molecule has 0 amide bonds. The number of ether oxygens (including phenoxy) is 2. The number of aliphatic hydroxyl groups is 1. The molecule has 1 aliphatic rings. The maximum absolute atomic E-state index is 10.9. The van der Waals surface area contributed by atoms with Gasteiger partial charge in [0, 0.05) is 6.42 Å². The second-order valence-corrected chi connectivity index (χ2v) is 6.95. The highest BCUT2D eigenvalue weighted by Gasteiger charge is 2.47. The normalized spacial score (nSPS) is 28.5. The first-order valence-corrected chi connectivity index (χ1v) is 8.47. The molecule has 12 heteroatoms. The number of rotatable bonds is 4. The first-order valence-electron chi connectivity index (χ1n) is 6.67. The Bertz CT molecular complexity index is 777. The molecule has 0 aromatic carbocycles. The van der Waals surface area contributed by atoms with E-state index in [1.54, 1.807) is 4.57 Å². The van der Waals surface area contributed by atoms with E-state index in [4.69, 9.17) is 25.0 Å². The number of hydrogen-bond donors (Lipinski definition) is 4. The summed E-state index contributed by atoms with van der Waals surface area (Å²) in [4.78, 5) is 29.8. The van der Waals surface area contributed by atoms with Crippen LogP contribution in [-0.4, -0.2) is 52.7 Å². The van der Waals surface area contributed by atoms with Crippen molar-refractivity contribution in [2.75, 3.05) is 12.1 Å². The van der Waals surface area contributed by atoms with Crippen molar-refractivity contribution >= 4 is 24.6 Å². The van der Waals surface area contributed by atoms with Gasteiger partial charge in [-0.2, -0.15) is 0 Å². The Hall–Kier alpha value is -1.62. The standard InChI is InChI=1S/C11H16N5O6P/c1-11(21-5-23(18,19)20)6(17)2-7(22-11)16-4-15-8-9(12)13-3-14-10(8)16/h3-4,6-7,17H,2,5H2,1H3,(H2,12,13,14)(H2,18,19,20)/t6-,7+,11-/m0/s1. The highest BCUT2D eigenvalue weighted by atomic mass is 31.2. The van der Waals surface area contributed by atoms with Crippen LogP contribution in [0.1, 0.15) is 19.6 Å². The Labute approximate surface area is 130 Å². The molecule has 0 spiro atoms. The van der Waals surface area contributed by atoms with E-state index < -0.39 is 32.1 Å². The average molecular weight is 345 g/mol. The van der Waals surface area contributed by atoms with Crippen molar-refractivity contribution in [2.45, 2.75) is 31.5 Å². The van der Waals surface area contributed by atoms with Gasteiger partial charge in [0.05, 0.1) is 6.33 Å². The molecule has 2 aromatic rings. The maximum Gasteiger partial charge on any atom is 0.351 e. The van der Waals surface area contributed by atoms with Crippen molar-refractivity contribution in [3.8, 4) is 0 Å². The second-order valence-electron chi connectivity index (χ2n) is 5.36. The Morgan fingerprint density at radius 1 is 1.52 bits per heavy atom. The zero-order valence-corrected chi connectivity index (χ0v) is 13.0. The van der Waals surface area contributed by atoms with Gasteiger partial charge in [-0.15, -0.1) is 0 Å². The molecular formula is C11H16N5O6P. The quantitative estimate of drug-likeness (QED) is 0.533. The van der Waals surface area contributed by atoms with Gasteiger partial charge in [0.25, 0.3) is 0 Å². The highest BCUT2D eigenvalue weighted by Crippen LogP contribution is 2.42. The molecule has 3 atom stereocenters. The molecule has 1 aliphatic heterocycles. The largest absolute Gasteiger partial charge is 0.387 e. The fraction of sp³-hybridized carbons (Fsp3) is 0.545. The number of aliphatic hydroxyl groups excluding tert-OH is 1. The Morgan fingerprint density at radius 3 is 2.96 bits per heavy atom. The molecule has 3 heterocycles. The first kappa shape index (κ1) is 16.2. The van der Waals surface area contributed by atoms with Gasteiger partial charge >= 0.3 is 7.60 Å². The lowest BCUT2D eigenvalue weighted by atomic mass is 10.1. The van der Waals surface area contributed by atoms with Crippen LogP contribution in [0.25, 0.3) is 11.2 Å². The fourth-order valence-electron chi connectivity index (χ4n) is 2.40. The van der Waals surface area contributed by atoms with Crippen molar-refractivity contribution < 1.29 is 28.9 Å². The summed E-state index contributed by atoms with van der Waals surface area (Å²) >= 11 is 0. The lowest BCUT2D eigenvalue weighted by molar-refractivity contribution is -0.247. The number of aromatic nitrogens is 4. The summed E-state index contributed by atoms with van der Waals surface area (Å²) in [6, 6.07) is 0. The van der Waals surface area contributed by atoms with Crippen molar-refractivity contribution in [3.05, 3.63) is 12.7 Å². The molecule has 5 N–H and O–H groups in total. The molecule has 2 aromatic heterocycles. The minimum atomic E-state index is -4.38. The average Bonchev–Trinajstić information content (AvgIpc) is 3.00. The molecule has 23 heavy (non-hydrogen) atoms. The Kier molecular flexibility index (Phi) is 3.87. The predicted octanol–water partition coefficient (Wildman–Crippen LogP) is -0.444. The summed E-state index contributed by atoms with van der Waals surface area (Å²) in [6.07, 6.45) is 0.244. The van der Waals surface area contributed by atoms with Crippen LogP contribution in [0.5, 0.6) is 0 Å². The van der Waals surface area contributed by atoms with E-state index in [2.05, 4.69) is 15.0 Å². The predicted molar refractivity (Wildman–Crippen MR) is 76.9 cm³/mol. The van der Waals surface area contributed by atoms with Crippen LogP contribution in [0.4, 0.5) is 5.82 Å². The third-order valence-electron chi connectivity index (χ3n) is 3.62.